The summed E-state index contributed by atoms with van der Waals surface area (Å²) in [5, 5.41) is 3.63. The number of carbonyl (C=O) groups is 1. The van der Waals surface area contributed by atoms with Crippen molar-refractivity contribution in [1.82, 2.24) is 9.55 Å². The molecule has 0 radical (unpaired) electrons. The highest BCUT2D eigenvalue weighted by Gasteiger charge is 2.22. The number of thiophene rings is 1. The summed E-state index contributed by atoms with van der Waals surface area (Å²) in [6.07, 6.45) is 4.22. The molecule has 0 saturated carbocycles. The van der Waals surface area contributed by atoms with Gasteiger partial charge in [-0.1, -0.05) is 0 Å². The minimum Gasteiger partial charge on any atom is -0.378 e. The monoisotopic (exact) mass is 438 g/mol. The fourth-order valence-corrected chi connectivity index (χ4v) is 5.74. The van der Waals surface area contributed by atoms with Gasteiger partial charge in [-0.15, -0.1) is 11.3 Å². The molecule has 2 aliphatic rings. The first kappa shape index (κ1) is 20.2. The average molecular weight is 439 g/mol. The first-order valence-corrected chi connectivity index (χ1v) is 11.7. The molecule has 5 rings (SSSR count). The Balaban J connectivity index is 1.34. The van der Waals surface area contributed by atoms with Gasteiger partial charge >= 0.3 is 0 Å². The predicted octanol–water partition coefficient (Wildman–Crippen LogP) is 3.12. The van der Waals surface area contributed by atoms with Crippen LogP contribution >= 0.6 is 11.3 Å². The number of anilines is 2. The van der Waals surface area contributed by atoms with Gasteiger partial charge < -0.3 is 15.0 Å². The van der Waals surface area contributed by atoms with Crippen molar-refractivity contribution in [2.45, 2.75) is 39.2 Å². The van der Waals surface area contributed by atoms with Gasteiger partial charge in [0.1, 0.15) is 17.2 Å². The molecule has 1 aliphatic carbocycles. The van der Waals surface area contributed by atoms with E-state index < -0.39 is 0 Å². The third-order valence-electron chi connectivity index (χ3n) is 6.09. The van der Waals surface area contributed by atoms with Gasteiger partial charge in [0.2, 0.25) is 5.91 Å². The maximum atomic E-state index is 13.2. The summed E-state index contributed by atoms with van der Waals surface area (Å²) < 4.78 is 6.90. The average Bonchev–Trinajstić information content (AvgIpc) is 3.16. The first-order valence-electron chi connectivity index (χ1n) is 10.8. The predicted molar refractivity (Wildman–Crippen MR) is 123 cm³/mol. The van der Waals surface area contributed by atoms with Crippen molar-refractivity contribution < 1.29 is 9.53 Å². The second kappa shape index (κ2) is 8.43. The third-order valence-corrected chi connectivity index (χ3v) is 7.28. The summed E-state index contributed by atoms with van der Waals surface area (Å²) in [4.78, 5) is 34.9. The largest absolute Gasteiger partial charge is 0.378 e. The summed E-state index contributed by atoms with van der Waals surface area (Å²) in [6, 6.07) is 7.80. The Morgan fingerprint density at radius 3 is 2.68 bits per heavy atom. The van der Waals surface area contributed by atoms with Crippen molar-refractivity contribution in [3.05, 3.63) is 50.9 Å². The summed E-state index contributed by atoms with van der Waals surface area (Å²) in [5.41, 5.74) is 2.89. The van der Waals surface area contributed by atoms with E-state index in [-0.39, 0.29) is 18.0 Å². The Kier molecular flexibility index (Phi) is 5.50. The number of carbonyl (C=O) groups excluding carboxylic acids is 1. The number of hydrogen-bond donors (Lipinski definition) is 1. The van der Waals surface area contributed by atoms with Crippen molar-refractivity contribution in [3.63, 3.8) is 0 Å². The number of aryl methyl sites for hydroxylation is 3. The third kappa shape index (κ3) is 3.97. The van der Waals surface area contributed by atoms with Crippen molar-refractivity contribution in [2.24, 2.45) is 0 Å². The Morgan fingerprint density at radius 2 is 1.90 bits per heavy atom. The van der Waals surface area contributed by atoms with Gasteiger partial charge in [0.25, 0.3) is 5.56 Å². The van der Waals surface area contributed by atoms with Crippen LogP contribution in [0.3, 0.4) is 0 Å². The van der Waals surface area contributed by atoms with Crippen molar-refractivity contribution in [3.8, 4) is 0 Å². The molecule has 31 heavy (non-hydrogen) atoms. The van der Waals surface area contributed by atoms with Crippen molar-refractivity contribution >= 4 is 38.8 Å². The number of nitrogens with one attached hydrogen (secondary N) is 1. The molecular weight excluding hydrogens is 412 g/mol. The SMILES string of the molecule is Cc1nc2sc3c(c2c(=O)n1CC(=O)Nc1ccc(N2CCOCC2)cc1)CCCC3. The molecule has 1 aliphatic heterocycles. The number of ether oxygens (including phenoxy) is 1. The molecule has 7 nitrogen and oxygen atoms in total. The highest BCUT2D eigenvalue weighted by atomic mass is 32.1. The maximum Gasteiger partial charge on any atom is 0.263 e. The van der Waals surface area contributed by atoms with Crippen LogP contribution in [-0.4, -0.2) is 41.8 Å². The molecule has 0 bridgehead atoms. The van der Waals surface area contributed by atoms with Gasteiger partial charge in [0, 0.05) is 29.3 Å². The molecule has 0 spiro atoms. The van der Waals surface area contributed by atoms with E-state index in [0.717, 1.165) is 67.3 Å². The van der Waals surface area contributed by atoms with Crippen molar-refractivity contribution in [2.75, 3.05) is 36.5 Å². The van der Waals surface area contributed by atoms with Crippen LogP contribution in [-0.2, 0) is 28.9 Å². The van der Waals surface area contributed by atoms with Crippen LogP contribution in [0, 0.1) is 6.92 Å². The molecule has 0 atom stereocenters. The van der Waals surface area contributed by atoms with Gasteiger partial charge in [-0.2, -0.15) is 0 Å². The smallest absolute Gasteiger partial charge is 0.263 e. The zero-order chi connectivity index (χ0) is 21.4. The van der Waals surface area contributed by atoms with E-state index in [4.69, 9.17) is 4.74 Å². The number of morpholine rings is 1. The van der Waals surface area contributed by atoms with E-state index in [1.807, 2.05) is 24.3 Å². The molecule has 1 fully saturated rings. The van der Waals surface area contributed by atoms with Crippen LogP contribution in [0.1, 0.15) is 29.1 Å². The number of amides is 1. The van der Waals surface area contributed by atoms with Crippen LogP contribution in [0.5, 0.6) is 0 Å². The molecular formula is C23H26N4O3S. The summed E-state index contributed by atoms with van der Waals surface area (Å²) in [5.74, 6) is 0.350. The quantitative estimate of drug-likeness (QED) is 0.677. The van der Waals surface area contributed by atoms with Crippen LogP contribution in [0.2, 0.25) is 0 Å². The second-order valence-electron chi connectivity index (χ2n) is 8.14. The van der Waals surface area contributed by atoms with Crippen LogP contribution < -0.4 is 15.8 Å². The number of rotatable bonds is 4. The normalized spacial score (nSPS) is 16.4. The molecule has 3 heterocycles. The highest BCUT2D eigenvalue weighted by molar-refractivity contribution is 7.18. The molecule has 8 heteroatoms. The van der Waals surface area contributed by atoms with E-state index in [0.29, 0.717) is 11.2 Å². The summed E-state index contributed by atoms with van der Waals surface area (Å²) >= 11 is 1.63. The standard InChI is InChI=1S/C23H26N4O3S/c1-15-24-22-21(18-4-2-3-5-19(18)31-22)23(29)27(15)14-20(28)25-16-6-8-17(9-7-16)26-10-12-30-13-11-26/h6-9H,2-5,10-14H2,1H3,(H,25,28). The topological polar surface area (TPSA) is 76.5 Å². The lowest BCUT2D eigenvalue weighted by Gasteiger charge is -2.28. The molecule has 2 aromatic heterocycles. The lowest BCUT2D eigenvalue weighted by molar-refractivity contribution is -0.116. The number of aromatic nitrogens is 2. The molecule has 3 aromatic rings. The number of nitrogens with zero attached hydrogens (tertiary/aromatic N) is 3. The maximum absolute atomic E-state index is 13.2. The van der Waals surface area contributed by atoms with Gasteiger partial charge in [-0.05, 0) is 62.4 Å². The van der Waals surface area contributed by atoms with E-state index in [9.17, 15) is 9.59 Å². The lowest BCUT2D eigenvalue weighted by atomic mass is 9.97. The number of fused-ring (bicyclic) bond motifs is 3. The Bertz CT molecular complexity index is 1180. The Hall–Kier alpha value is -2.71. The molecule has 1 saturated heterocycles. The fraction of sp³-hybridized carbons (Fsp3) is 0.435. The van der Waals surface area contributed by atoms with E-state index >= 15 is 0 Å². The van der Waals surface area contributed by atoms with Gasteiger partial charge in [0.15, 0.2) is 0 Å². The van der Waals surface area contributed by atoms with Gasteiger partial charge in [0.05, 0.1) is 18.6 Å². The zero-order valence-electron chi connectivity index (χ0n) is 17.6. The summed E-state index contributed by atoms with van der Waals surface area (Å²) in [7, 11) is 0. The summed E-state index contributed by atoms with van der Waals surface area (Å²) in [6.45, 7) is 4.97. The van der Waals surface area contributed by atoms with E-state index in [2.05, 4.69) is 15.2 Å². The second-order valence-corrected chi connectivity index (χ2v) is 9.22. The van der Waals surface area contributed by atoms with E-state index in [1.54, 1.807) is 18.3 Å². The van der Waals surface area contributed by atoms with Gasteiger partial charge in [-0.3, -0.25) is 14.2 Å². The number of hydrogen-bond acceptors (Lipinski definition) is 6. The minimum atomic E-state index is -0.227. The highest BCUT2D eigenvalue weighted by Crippen LogP contribution is 2.33. The van der Waals surface area contributed by atoms with Gasteiger partial charge in [-0.25, -0.2) is 4.98 Å². The molecule has 1 N–H and O–H groups in total. The number of benzene rings is 1. The molecule has 1 aromatic carbocycles. The first-order chi connectivity index (χ1) is 15.1. The Labute approximate surface area is 184 Å². The molecule has 162 valence electrons. The van der Waals surface area contributed by atoms with Crippen LogP contribution in [0.15, 0.2) is 29.1 Å². The zero-order valence-corrected chi connectivity index (χ0v) is 18.5. The van der Waals surface area contributed by atoms with Crippen LogP contribution in [0.25, 0.3) is 10.2 Å². The van der Waals surface area contributed by atoms with E-state index in [1.165, 1.54) is 15.9 Å². The van der Waals surface area contributed by atoms with Crippen LogP contribution in [0.4, 0.5) is 11.4 Å². The fourth-order valence-electron chi connectivity index (χ4n) is 4.45. The molecule has 1 amide bonds. The van der Waals surface area contributed by atoms with Crippen molar-refractivity contribution in [1.29, 1.82) is 0 Å². The lowest BCUT2D eigenvalue weighted by Crippen LogP contribution is -2.36. The minimum absolute atomic E-state index is 0.0383. The molecule has 0 unspecified atom stereocenters. The Morgan fingerprint density at radius 1 is 1.16 bits per heavy atom.